The molecular formula is C19H18Cl2N2O2. The predicted molar refractivity (Wildman–Crippen MR) is 103 cm³/mol. The Morgan fingerprint density at radius 3 is 2.68 bits per heavy atom. The van der Waals surface area contributed by atoms with E-state index in [0.29, 0.717) is 23.2 Å². The van der Waals surface area contributed by atoms with Crippen molar-refractivity contribution in [2.45, 2.75) is 12.8 Å². The van der Waals surface area contributed by atoms with E-state index in [1.165, 1.54) is 0 Å². The van der Waals surface area contributed by atoms with Gasteiger partial charge in [-0.05, 0) is 30.2 Å². The second-order valence-corrected chi connectivity index (χ2v) is 6.36. The molecule has 2 aromatic carbocycles. The topological polar surface area (TPSA) is 43.3 Å². The molecule has 25 heavy (non-hydrogen) atoms. The fourth-order valence-electron chi connectivity index (χ4n) is 2.61. The van der Waals surface area contributed by atoms with Crippen LogP contribution in [0.1, 0.15) is 12.0 Å². The molecule has 0 aliphatic rings. The van der Waals surface area contributed by atoms with Crippen molar-refractivity contribution in [3.63, 3.8) is 0 Å². The summed E-state index contributed by atoms with van der Waals surface area (Å²) in [5.74, 6) is 0.420. The number of aromatic nitrogens is 1. The summed E-state index contributed by atoms with van der Waals surface area (Å²) in [7, 11) is 0. The van der Waals surface area contributed by atoms with E-state index in [4.69, 9.17) is 28.0 Å². The van der Waals surface area contributed by atoms with E-state index in [-0.39, 0.29) is 12.3 Å². The van der Waals surface area contributed by atoms with Crippen molar-refractivity contribution in [3.8, 4) is 0 Å². The van der Waals surface area contributed by atoms with E-state index in [0.717, 1.165) is 22.9 Å². The van der Waals surface area contributed by atoms with Gasteiger partial charge in [-0.2, -0.15) is 4.73 Å². The van der Waals surface area contributed by atoms with Crippen LogP contribution in [0.5, 0.6) is 0 Å². The molecule has 1 amide bonds. The quantitative estimate of drug-likeness (QED) is 0.486. The van der Waals surface area contributed by atoms with Gasteiger partial charge in [-0.3, -0.25) is 4.79 Å². The molecule has 3 rings (SSSR count). The lowest BCUT2D eigenvalue weighted by molar-refractivity contribution is -0.115. The van der Waals surface area contributed by atoms with Crippen LogP contribution in [0, 0.1) is 0 Å². The van der Waals surface area contributed by atoms with Crippen LogP contribution in [0.3, 0.4) is 0 Å². The third-order valence-electron chi connectivity index (χ3n) is 3.77. The summed E-state index contributed by atoms with van der Waals surface area (Å²) in [4.78, 5) is 18.1. The number of nitrogens with one attached hydrogen (secondary N) is 1. The van der Waals surface area contributed by atoms with E-state index in [9.17, 15) is 4.79 Å². The Kier molecular flexibility index (Phi) is 5.84. The van der Waals surface area contributed by atoms with Crippen molar-refractivity contribution in [2.75, 3.05) is 17.8 Å². The number of carbonyl (C=O) groups is 1. The lowest BCUT2D eigenvalue weighted by atomic mass is 10.1. The summed E-state index contributed by atoms with van der Waals surface area (Å²) in [6, 6.07) is 15.0. The van der Waals surface area contributed by atoms with E-state index >= 15 is 0 Å². The molecule has 1 N–H and O–H groups in total. The number of para-hydroxylation sites is 2. The molecule has 130 valence electrons. The van der Waals surface area contributed by atoms with Gasteiger partial charge in [-0.25, -0.2) is 0 Å². The van der Waals surface area contributed by atoms with Crippen LogP contribution in [0.4, 0.5) is 5.69 Å². The second kappa shape index (κ2) is 8.28. The van der Waals surface area contributed by atoms with Gasteiger partial charge in [0, 0.05) is 17.5 Å². The minimum absolute atomic E-state index is 0.128. The Balaban J connectivity index is 1.78. The zero-order chi connectivity index (χ0) is 17.6. The Morgan fingerprint density at radius 1 is 1.12 bits per heavy atom. The van der Waals surface area contributed by atoms with Gasteiger partial charge in [0.2, 0.25) is 5.91 Å². The summed E-state index contributed by atoms with van der Waals surface area (Å²) >= 11 is 11.8. The number of fused-ring (bicyclic) bond motifs is 1. The molecule has 0 saturated heterocycles. The maximum Gasteiger partial charge on any atom is 0.228 e. The fourth-order valence-corrected chi connectivity index (χ4v) is 2.91. The first-order valence-electron chi connectivity index (χ1n) is 8.01. The molecule has 0 bridgehead atoms. The summed E-state index contributed by atoms with van der Waals surface area (Å²) in [5, 5.41) is 4.35. The standard InChI is InChI=1S/C19H18Cl2N2O2/c20-10-5-11-25-23-13-14(15-6-1-4-9-18(15)23)12-19(24)22-17-8-3-2-7-16(17)21/h1-4,6-9,13H,5,10-12H2,(H,22,24). The third-order valence-corrected chi connectivity index (χ3v) is 4.36. The molecule has 1 heterocycles. The Bertz CT molecular complexity index is 877. The Labute approximate surface area is 156 Å². The molecule has 0 saturated carbocycles. The van der Waals surface area contributed by atoms with Gasteiger partial charge in [0.25, 0.3) is 0 Å². The molecule has 0 radical (unpaired) electrons. The van der Waals surface area contributed by atoms with Crippen LogP contribution in [-0.2, 0) is 11.2 Å². The molecule has 0 unspecified atom stereocenters. The van der Waals surface area contributed by atoms with E-state index in [1.54, 1.807) is 16.9 Å². The summed E-state index contributed by atoms with van der Waals surface area (Å²) in [5.41, 5.74) is 2.43. The molecule has 0 spiro atoms. The van der Waals surface area contributed by atoms with Gasteiger partial charge >= 0.3 is 0 Å². The fraction of sp³-hybridized carbons (Fsp3) is 0.211. The minimum atomic E-state index is -0.128. The van der Waals surface area contributed by atoms with Crippen molar-refractivity contribution in [1.29, 1.82) is 0 Å². The van der Waals surface area contributed by atoms with Crippen LogP contribution >= 0.6 is 23.2 Å². The van der Waals surface area contributed by atoms with Gasteiger partial charge in [-0.15, -0.1) is 11.6 Å². The number of halogens is 2. The maximum atomic E-state index is 12.4. The van der Waals surface area contributed by atoms with Crippen molar-refractivity contribution in [2.24, 2.45) is 0 Å². The molecule has 3 aromatic rings. The smallest absolute Gasteiger partial charge is 0.228 e. The average molecular weight is 377 g/mol. The van der Waals surface area contributed by atoms with Gasteiger partial charge in [0.15, 0.2) is 0 Å². The highest BCUT2D eigenvalue weighted by atomic mass is 35.5. The van der Waals surface area contributed by atoms with E-state index < -0.39 is 0 Å². The first kappa shape index (κ1) is 17.6. The van der Waals surface area contributed by atoms with Gasteiger partial charge < -0.3 is 10.2 Å². The molecule has 0 aliphatic heterocycles. The number of rotatable bonds is 7. The summed E-state index contributed by atoms with van der Waals surface area (Å²) in [6.45, 7) is 0.521. The zero-order valence-electron chi connectivity index (χ0n) is 13.5. The summed E-state index contributed by atoms with van der Waals surface area (Å²) in [6.07, 6.45) is 2.85. The SMILES string of the molecule is O=C(Cc1cn(OCCCCl)c2ccccc12)Nc1ccccc1Cl. The largest absolute Gasteiger partial charge is 0.414 e. The first-order valence-corrected chi connectivity index (χ1v) is 8.93. The number of alkyl halides is 1. The van der Waals surface area contributed by atoms with E-state index in [2.05, 4.69) is 5.32 Å². The average Bonchev–Trinajstić information content (AvgIpc) is 2.95. The molecule has 0 fully saturated rings. The molecule has 1 aromatic heterocycles. The molecule has 4 nitrogen and oxygen atoms in total. The number of amides is 1. The summed E-state index contributed by atoms with van der Waals surface area (Å²) < 4.78 is 1.71. The van der Waals surface area contributed by atoms with Gasteiger partial charge in [0.1, 0.15) is 6.61 Å². The van der Waals surface area contributed by atoms with Crippen molar-refractivity contribution >= 4 is 45.7 Å². The van der Waals surface area contributed by atoms with Gasteiger partial charge in [-0.1, -0.05) is 41.9 Å². The Hall–Kier alpha value is -2.17. The first-order chi connectivity index (χ1) is 12.2. The highest BCUT2D eigenvalue weighted by Gasteiger charge is 2.13. The van der Waals surface area contributed by atoms with Crippen LogP contribution in [0.25, 0.3) is 10.9 Å². The number of carbonyl (C=O) groups excluding carboxylic acids is 1. The highest BCUT2D eigenvalue weighted by molar-refractivity contribution is 6.33. The third kappa shape index (κ3) is 4.27. The van der Waals surface area contributed by atoms with Crippen LogP contribution < -0.4 is 10.2 Å². The van der Waals surface area contributed by atoms with Gasteiger partial charge in [0.05, 0.1) is 22.6 Å². The van der Waals surface area contributed by atoms with Crippen LogP contribution in [-0.4, -0.2) is 23.1 Å². The van der Waals surface area contributed by atoms with Crippen molar-refractivity contribution in [3.05, 3.63) is 65.3 Å². The minimum Gasteiger partial charge on any atom is -0.414 e. The zero-order valence-corrected chi connectivity index (χ0v) is 15.1. The number of nitrogens with zero attached hydrogens (tertiary/aromatic N) is 1. The molecule has 6 heteroatoms. The van der Waals surface area contributed by atoms with Crippen molar-refractivity contribution in [1.82, 2.24) is 4.73 Å². The molecule has 0 aliphatic carbocycles. The van der Waals surface area contributed by atoms with Crippen LogP contribution in [0.15, 0.2) is 54.7 Å². The van der Waals surface area contributed by atoms with Crippen molar-refractivity contribution < 1.29 is 9.63 Å². The number of anilines is 1. The predicted octanol–water partition coefficient (Wildman–Crippen LogP) is 4.53. The normalized spacial score (nSPS) is 10.8. The highest BCUT2D eigenvalue weighted by Crippen LogP contribution is 2.23. The monoisotopic (exact) mass is 376 g/mol. The van der Waals surface area contributed by atoms with Crippen LogP contribution in [0.2, 0.25) is 5.02 Å². The second-order valence-electron chi connectivity index (χ2n) is 5.58. The lowest BCUT2D eigenvalue weighted by Gasteiger charge is -2.07. The Morgan fingerprint density at radius 2 is 1.88 bits per heavy atom. The number of hydrogen-bond donors (Lipinski definition) is 1. The molecular weight excluding hydrogens is 359 g/mol. The molecule has 0 atom stereocenters. The lowest BCUT2D eigenvalue weighted by Crippen LogP contribution is -2.15. The number of benzene rings is 2. The van der Waals surface area contributed by atoms with E-state index in [1.807, 2.05) is 42.6 Å². The number of hydrogen-bond acceptors (Lipinski definition) is 2. The maximum absolute atomic E-state index is 12.4.